The molecule has 0 unspecified atom stereocenters. The number of carbonyl (C=O) groups excluding carboxylic acids is 1. The molecule has 2 aliphatic heterocycles. The van der Waals surface area contributed by atoms with Crippen LogP contribution < -0.4 is 5.56 Å². The van der Waals surface area contributed by atoms with Gasteiger partial charge in [0.05, 0.1) is 16.4 Å². The van der Waals surface area contributed by atoms with Gasteiger partial charge in [-0.2, -0.15) is 0 Å². The molecule has 5 rings (SSSR count). The van der Waals surface area contributed by atoms with Crippen molar-refractivity contribution in [3.63, 3.8) is 0 Å². The number of hydrogen-bond acceptors (Lipinski definition) is 4. The molecular weight excluding hydrogens is 421 g/mol. The molecule has 1 aromatic carbocycles. The number of nitrogens with one attached hydrogen (secondary N) is 1. The Balaban J connectivity index is 1.76. The maximum Gasteiger partial charge on any atom is 0.274 e. The van der Waals surface area contributed by atoms with Crippen LogP contribution in [0.2, 0.25) is 5.02 Å². The average molecular weight is 440 g/mol. The summed E-state index contributed by atoms with van der Waals surface area (Å²) in [5, 5.41) is 0.393. The van der Waals surface area contributed by atoms with Crippen LogP contribution in [0.15, 0.2) is 40.2 Å². The summed E-state index contributed by atoms with van der Waals surface area (Å²) >= 11 is 6.68. The number of aromatic nitrogens is 3. The molecule has 4 heterocycles. The molecular formula is C22H19ClFN5O2. The zero-order valence-electron chi connectivity index (χ0n) is 16.9. The van der Waals surface area contributed by atoms with Crippen molar-refractivity contribution in [3.8, 4) is 5.69 Å². The summed E-state index contributed by atoms with van der Waals surface area (Å²) in [7, 11) is 0. The first kappa shape index (κ1) is 19.7. The van der Waals surface area contributed by atoms with Gasteiger partial charge in [0.25, 0.3) is 5.91 Å². The van der Waals surface area contributed by atoms with E-state index in [1.165, 1.54) is 0 Å². The van der Waals surface area contributed by atoms with Crippen LogP contribution in [0.5, 0.6) is 0 Å². The van der Waals surface area contributed by atoms with Crippen LogP contribution in [0.4, 0.5) is 4.39 Å². The van der Waals surface area contributed by atoms with E-state index in [1.54, 1.807) is 15.7 Å². The molecule has 9 heteroatoms. The molecule has 0 bridgehead atoms. The maximum absolute atomic E-state index is 14.7. The quantitative estimate of drug-likeness (QED) is 0.664. The minimum Gasteiger partial charge on any atom is -0.337 e. The lowest BCUT2D eigenvalue weighted by Crippen LogP contribution is -2.42. The topological polar surface area (TPSA) is 83.3 Å². The first-order chi connectivity index (χ1) is 14.8. The molecule has 2 aliphatic rings. The Bertz CT molecular complexity index is 1320. The highest BCUT2D eigenvalue weighted by Crippen LogP contribution is 2.36. The van der Waals surface area contributed by atoms with Crippen LogP contribution in [-0.2, 0) is 0 Å². The van der Waals surface area contributed by atoms with Crippen LogP contribution in [0.25, 0.3) is 5.69 Å². The molecule has 2 aromatic heterocycles. The van der Waals surface area contributed by atoms with Gasteiger partial charge in [-0.3, -0.25) is 14.6 Å². The van der Waals surface area contributed by atoms with Crippen LogP contribution in [0.1, 0.15) is 52.5 Å². The van der Waals surface area contributed by atoms with Gasteiger partial charge in [0, 0.05) is 30.9 Å². The van der Waals surface area contributed by atoms with E-state index in [4.69, 9.17) is 16.6 Å². The number of halogens is 2. The summed E-state index contributed by atoms with van der Waals surface area (Å²) in [6.07, 6.45) is 2.67. The summed E-state index contributed by atoms with van der Waals surface area (Å²) in [5.74, 6) is -0.192. The summed E-state index contributed by atoms with van der Waals surface area (Å²) in [4.78, 5) is 38.2. The number of rotatable bonds is 2. The molecule has 1 amide bonds. The standard InChI is InChI=1S/C22H19ClFN5O2/c1-11-4-6-15-17(18(11)23)20(19-13(24)5-7-16(30)27-19)25-12(2)21-26-14(10-29(15)21)22(31)28-8-3-9-28/h4-7,10,12H,3,8-9H2,1-2H3,(H,27,30)/t12-/m0/s1. The van der Waals surface area contributed by atoms with E-state index < -0.39 is 17.4 Å². The van der Waals surface area contributed by atoms with Gasteiger partial charge in [0.2, 0.25) is 5.56 Å². The van der Waals surface area contributed by atoms with Crippen molar-refractivity contribution in [1.82, 2.24) is 19.4 Å². The number of amides is 1. The number of aromatic amines is 1. The molecule has 1 fully saturated rings. The third-order valence-electron chi connectivity index (χ3n) is 5.71. The van der Waals surface area contributed by atoms with Crippen molar-refractivity contribution in [2.24, 2.45) is 4.99 Å². The van der Waals surface area contributed by atoms with E-state index in [0.29, 0.717) is 27.8 Å². The number of pyridine rings is 1. The number of imidazole rings is 1. The highest BCUT2D eigenvalue weighted by Gasteiger charge is 2.31. The fourth-order valence-corrected chi connectivity index (χ4v) is 4.15. The number of fused-ring (bicyclic) bond motifs is 3. The number of nitrogens with zero attached hydrogens (tertiary/aromatic N) is 4. The van der Waals surface area contributed by atoms with Gasteiger partial charge in [-0.05, 0) is 38.0 Å². The molecule has 7 nitrogen and oxygen atoms in total. The summed E-state index contributed by atoms with van der Waals surface area (Å²) in [6, 6.07) is 5.40. The molecule has 1 saturated heterocycles. The number of benzene rings is 1. The summed E-state index contributed by atoms with van der Waals surface area (Å²) in [5.41, 5.74) is 1.98. The van der Waals surface area contributed by atoms with E-state index in [1.807, 2.05) is 26.0 Å². The minimum atomic E-state index is -0.609. The number of hydrogen-bond donors (Lipinski definition) is 1. The Labute approximate surface area is 182 Å². The van der Waals surface area contributed by atoms with Gasteiger partial charge in [-0.15, -0.1) is 0 Å². The van der Waals surface area contributed by atoms with Gasteiger partial charge < -0.3 is 14.5 Å². The van der Waals surface area contributed by atoms with Gasteiger partial charge >= 0.3 is 0 Å². The normalized spacial score (nSPS) is 17.4. The average Bonchev–Trinajstić information content (AvgIpc) is 3.10. The van der Waals surface area contributed by atoms with Crippen LogP contribution in [0.3, 0.4) is 0 Å². The summed E-state index contributed by atoms with van der Waals surface area (Å²) in [6.45, 7) is 5.09. The predicted molar refractivity (Wildman–Crippen MR) is 115 cm³/mol. The minimum absolute atomic E-state index is 0.0317. The van der Waals surface area contributed by atoms with Crippen LogP contribution >= 0.6 is 11.6 Å². The number of aliphatic imine (C=N–C) groups is 1. The Morgan fingerprint density at radius 1 is 1.26 bits per heavy atom. The van der Waals surface area contributed by atoms with E-state index in [2.05, 4.69) is 9.97 Å². The van der Waals surface area contributed by atoms with Crippen molar-refractivity contribution in [2.45, 2.75) is 26.3 Å². The fraction of sp³-hybridized carbons (Fsp3) is 0.273. The second kappa shape index (κ2) is 7.16. The Hall–Kier alpha value is -3.26. The highest BCUT2D eigenvalue weighted by atomic mass is 35.5. The molecule has 158 valence electrons. The SMILES string of the molecule is Cc1ccc2c(c1Cl)C(c1[nH]c(=O)ccc1F)=N[C@@H](C)c1nc(C(=O)N3CCC3)cn1-2. The van der Waals surface area contributed by atoms with Gasteiger partial charge in [0.1, 0.15) is 29.1 Å². The van der Waals surface area contributed by atoms with Crippen molar-refractivity contribution in [3.05, 3.63) is 80.0 Å². The molecule has 3 aromatic rings. The van der Waals surface area contributed by atoms with Crippen molar-refractivity contribution in [1.29, 1.82) is 0 Å². The number of likely N-dealkylation sites (tertiary alicyclic amines) is 1. The Kier molecular flexibility index (Phi) is 4.55. The van der Waals surface area contributed by atoms with Gasteiger partial charge in [-0.25, -0.2) is 9.37 Å². The second-order valence-electron chi connectivity index (χ2n) is 7.79. The molecule has 1 atom stereocenters. The zero-order chi connectivity index (χ0) is 21.9. The van der Waals surface area contributed by atoms with Crippen molar-refractivity contribution < 1.29 is 9.18 Å². The van der Waals surface area contributed by atoms with E-state index in [-0.39, 0.29) is 17.3 Å². The zero-order valence-corrected chi connectivity index (χ0v) is 17.7. The Morgan fingerprint density at radius 2 is 2.03 bits per heavy atom. The van der Waals surface area contributed by atoms with E-state index in [0.717, 1.165) is 37.2 Å². The number of H-pyrrole nitrogens is 1. The third-order valence-corrected chi connectivity index (χ3v) is 6.19. The molecule has 0 saturated carbocycles. The fourth-order valence-electron chi connectivity index (χ4n) is 3.90. The first-order valence-corrected chi connectivity index (χ1v) is 10.4. The van der Waals surface area contributed by atoms with Gasteiger partial charge in [-0.1, -0.05) is 17.7 Å². The molecule has 1 N–H and O–H groups in total. The number of aryl methyl sites for hydroxylation is 1. The maximum atomic E-state index is 14.7. The molecule has 0 spiro atoms. The van der Waals surface area contributed by atoms with Crippen LogP contribution in [0, 0.1) is 12.7 Å². The smallest absolute Gasteiger partial charge is 0.274 e. The lowest BCUT2D eigenvalue weighted by atomic mass is 10.0. The van der Waals surface area contributed by atoms with Crippen molar-refractivity contribution >= 4 is 23.2 Å². The summed E-state index contributed by atoms with van der Waals surface area (Å²) < 4.78 is 16.5. The van der Waals surface area contributed by atoms with Gasteiger partial charge in [0.15, 0.2) is 0 Å². The van der Waals surface area contributed by atoms with E-state index >= 15 is 0 Å². The molecule has 0 radical (unpaired) electrons. The van der Waals surface area contributed by atoms with Crippen molar-refractivity contribution in [2.75, 3.05) is 13.1 Å². The third kappa shape index (κ3) is 3.09. The van der Waals surface area contributed by atoms with E-state index in [9.17, 15) is 14.0 Å². The Morgan fingerprint density at radius 3 is 2.74 bits per heavy atom. The first-order valence-electron chi connectivity index (χ1n) is 10.0. The number of carbonyl (C=O) groups is 1. The highest BCUT2D eigenvalue weighted by molar-refractivity contribution is 6.36. The lowest BCUT2D eigenvalue weighted by Gasteiger charge is -2.30. The predicted octanol–water partition coefficient (Wildman–Crippen LogP) is 3.42. The lowest BCUT2D eigenvalue weighted by molar-refractivity contribution is 0.0646. The largest absolute Gasteiger partial charge is 0.337 e. The molecule has 31 heavy (non-hydrogen) atoms. The monoisotopic (exact) mass is 439 g/mol. The molecule has 0 aliphatic carbocycles. The second-order valence-corrected chi connectivity index (χ2v) is 8.17. The van der Waals surface area contributed by atoms with Crippen LogP contribution in [-0.4, -0.2) is 44.1 Å².